The summed E-state index contributed by atoms with van der Waals surface area (Å²) in [6.07, 6.45) is 5.30. The van der Waals surface area contributed by atoms with E-state index >= 15 is 0 Å². The van der Waals surface area contributed by atoms with Crippen molar-refractivity contribution in [2.45, 2.75) is 51.6 Å². The summed E-state index contributed by atoms with van der Waals surface area (Å²) in [6.45, 7) is 5.71. The number of nitrogens with one attached hydrogen (secondary N) is 1. The fourth-order valence-electron chi connectivity index (χ4n) is 2.49. The lowest BCUT2D eigenvalue weighted by molar-refractivity contribution is 0.641. The van der Waals surface area contributed by atoms with E-state index in [0.717, 1.165) is 6.04 Å². The number of hydrogen-bond acceptors (Lipinski definition) is 2. The first-order chi connectivity index (χ1) is 8.77. The first-order valence-corrected chi connectivity index (χ1v) is 7.30. The Morgan fingerprint density at radius 2 is 2.06 bits per heavy atom. The third kappa shape index (κ3) is 3.05. The second kappa shape index (κ2) is 6.24. The quantitative estimate of drug-likeness (QED) is 0.788. The van der Waals surface area contributed by atoms with Crippen LogP contribution in [0, 0.1) is 0 Å². The van der Waals surface area contributed by atoms with E-state index in [9.17, 15) is 0 Å². The summed E-state index contributed by atoms with van der Waals surface area (Å²) < 4.78 is 0. The van der Waals surface area contributed by atoms with Crippen molar-refractivity contribution >= 4 is 5.69 Å². The Morgan fingerprint density at radius 1 is 1.33 bits per heavy atom. The van der Waals surface area contributed by atoms with Crippen molar-refractivity contribution in [2.24, 2.45) is 0 Å². The van der Waals surface area contributed by atoms with Crippen molar-refractivity contribution in [1.29, 1.82) is 0 Å². The van der Waals surface area contributed by atoms with Crippen LogP contribution < -0.4 is 10.2 Å². The second-order valence-electron chi connectivity index (χ2n) is 5.35. The molecule has 0 bridgehead atoms. The van der Waals surface area contributed by atoms with Gasteiger partial charge in [0.1, 0.15) is 0 Å². The van der Waals surface area contributed by atoms with Gasteiger partial charge >= 0.3 is 0 Å². The van der Waals surface area contributed by atoms with Gasteiger partial charge in [-0.1, -0.05) is 31.5 Å². The summed E-state index contributed by atoms with van der Waals surface area (Å²) in [4.78, 5) is 2.63. The lowest BCUT2D eigenvalue weighted by Crippen LogP contribution is -2.29. The summed E-state index contributed by atoms with van der Waals surface area (Å²) in [5.41, 5.74) is 2.87. The van der Waals surface area contributed by atoms with Crippen LogP contribution in [0.25, 0.3) is 0 Å². The van der Waals surface area contributed by atoms with Crippen LogP contribution in [0.4, 0.5) is 5.69 Å². The van der Waals surface area contributed by atoms with Gasteiger partial charge in [-0.2, -0.15) is 0 Å². The molecule has 1 unspecified atom stereocenters. The molecule has 18 heavy (non-hydrogen) atoms. The molecule has 1 fully saturated rings. The Bertz CT molecular complexity index is 371. The zero-order chi connectivity index (χ0) is 13.0. The first kappa shape index (κ1) is 13.4. The standard InChI is InChI=1S/C16H26N2/c1-4-5-12-18(14-10-11-14)16-9-7-6-8-15(16)13(2)17-3/h6-9,13-14,17H,4-5,10-12H2,1-3H3. The lowest BCUT2D eigenvalue weighted by atomic mass is 10.0. The van der Waals surface area contributed by atoms with E-state index in [4.69, 9.17) is 0 Å². The molecule has 2 rings (SSSR count). The van der Waals surface area contributed by atoms with Gasteiger partial charge in [-0.15, -0.1) is 0 Å². The average Bonchev–Trinajstić information content (AvgIpc) is 3.23. The van der Waals surface area contributed by atoms with Gasteiger partial charge in [-0.3, -0.25) is 0 Å². The molecule has 0 aliphatic heterocycles. The van der Waals surface area contributed by atoms with Gasteiger partial charge < -0.3 is 10.2 Å². The predicted octanol–water partition coefficient (Wildman–Crippen LogP) is 3.74. The number of hydrogen-bond donors (Lipinski definition) is 1. The molecule has 1 aliphatic carbocycles. The fraction of sp³-hybridized carbons (Fsp3) is 0.625. The summed E-state index contributed by atoms with van der Waals surface area (Å²) in [5, 5.41) is 3.37. The Balaban J connectivity index is 2.22. The van der Waals surface area contributed by atoms with E-state index in [1.54, 1.807) is 0 Å². The van der Waals surface area contributed by atoms with Gasteiger partial charge in [-0.05, 0) is 44.9 Å². The topological polar surface area (TPSA) is 15.3 Å². The maximum Gasteiger partial charge on any atom is 0.0417 e. The number of rotatable bonds is 7. The Morgan fingerprint density at radius 3 is 2.67 bits per heavy atom. The highest BCUT2D eigenvalue weighted by atomic mass is 15.2. The number of anilines is 1. The SMILES string of the molecule is CCCCN(c1ccccc1C(C)NC)C1CC1. The second-order valence-corrected chi connectivity index (χ2v) is 5.35. The van der Waals surface area contributed by atoms with Gasteiger partial charge in [0.05, 0.1) is 0 Å². The van der Waals surface area contributed by atoms with Crippen LogP contribution in [0.3, 0.4) is 0 Å². The van der Waals surface area contributed by atoms with Crippen molar-refractivity contribution in [3.8, 4) is 0 Å². The molecule has 0 heterocycles. The minimum Gasteiger partial charge on any atom is -0.368 e. The van der Waals surface area contributed by atoms with Gasteiger partial charge in [0.25, 0.3) is 0 Å². The molecule has 1 aromatic carbocycles. The van der Waals surface area contributed by atoms with Gasteiger partial charge in [0, 0.05) is 24.3 Å². The Labute approximate surface area is 111 Å². The van der Waals surface area contributed by atoms with Crippen LogP contribution in [-0.4, -0.2) is 19.6 Å². The monoisotopic (exact) mass is 246 g/mol. The van der Waals surface area contributed by atoms with Crippen molar-refractivity contribution in [3.63, 3.8) is 0 Å². The van der Waals surface area contributed by atoms with Gasteiger partial charge in [-0.25, -0.2) is 0 Å². The molecule has 1 aromatic rings. The maximum absolute atomic E-state index is 3.37. The summed E-state index contributed by atoms with van der Waals surface area (Å²) in [6, 6.07) is 10.1. The summed E-state index contributed by atoms with van der Waals surface area (Å²) in [5.74, 6) is 0. The molecule has 1 aliphatic rings. The molecular weight excluding hydrogens is 220 g/mol. The molecule has 0 radical (unpaired) electrons. The lowest BCUT2D eigenvalue weighted by Gasteiger charge is -2.29. The summed E-state index contributed by atoms with van der Waals surface area (Å²) in [7, 11) is 2.04. The largest absolute Gasteiger partial charge is 0.368 e. The molecule has 2 nitrogen and oxygen atoms in total. The van der Waals surface area contributed by atoms with Crippen molar-refractivity contribution in [3.05, 3.63) is 29.8 Å². The van der Waals surface area contributed by atoms with Crippen LogP contribution in [0.5, 0.6) is 0 Å². The highest BCUT2D eigenvalue weighted by Crippen LogP contribution is 2.35. The number of para-hydroxylation sites is 1. The van der Waals surface area contributed by atoms with E-state index in [-0.39, 0.29) is 0 Å². The minimum atomic E-state index is 0.420. The van der Waals surface area contributed by atoms with Gasteiger partial charge in [0.2, 0.25) is 0 Å². The molecule has 0 aromatic heterocycles. The highest BCUT2D eigenvalue weighted by molar-refractivity contribution is 5.56. The van der Waals surface area contributed by atoms with E-state index in [1.165, 1.54) is 43.5 Å². The molecule has 0 saturated heterocycles. The zero-order valence-corrected chi connectivity index (χ0v) is 11.9. The molecule has 0 spiro atoms. The molecule has 2 heteroatoms. The van der Waals surface area contributed by atoms with Crippen LogP contribution >= 0.6 is 0 Å². The third-order valence-electron chi connectivity index (χ3n) is 3.89. The zero-order valence-electron chi connectivity index (χ0n) is 11.9. The maximum atomic E-state index is 3.37. The number of benzene rings is 1. The molecule has 0 amide bonds. The molecule has 100 valence electrons. The van der Waals surface area contributed by atoms with E-state index in [1.807, 2.05) is 7.05 Å². The van der Waals surface area contributed by atoms with Crippen LogP contribution in [-0.2, 0) is 0 Å². The van der Waals surface area contributed by atoms with E-state index in [2.05, 4.69) is 48.3 Å². The van der Waals surface area contributed by atoms with E-state index < -0.39 is 0 Å². The smallest absolute Gasteiger partial charge is 0.0417 e. The molecule has 1 saturated carbocycles. The van der Waals surface area contributed by atoms with Gasteiger partial charge in [0.15, 0.2) is 0 Å². The predicted molar refractivity (Wildman–Crippen MR) is 79.2 cm³/mol. The van der Waals surface area contributed by atoms with Crippen molar-refractivity contribution in [2.75, 3.05) is 18.5 Å². The van der Waals surface area contributed by atoms with Crippen molar-refractivity contribution in [1.82, 2.24) is 5.32 Å². The average molecular weight is 246 g/mol. The third-order valence-corrected chi connectivity index (χ3v) is 3.89. The normalized spacial score (nSPS) is 16.6. The fourth-order valence-corrected chi connectivity index (χ4v) is 2.49. The minimum absolute atomic E-state index is 0.420. The van der Waals surface area contributed by atoms with E-state index in [0.29, 0.717) is 6.04 Å². The first-order valence-electron chi connectivity index (χ1n) is 7.30. The van der Waals surface area contributed by atoms with Crippen molar-refractivity contribution < 1.29 is 0 Å². The summed E-state index contributed by atoms with van der Waals surface area (Å²) >= 11 is 0. The van der Waals surface area contributed by atoms with Crippen LogP contribution in [0.2, 0.25) is 0 Å². The van der Waals surface area contributed by atoms with Crippen LogP contribution in [0.15, 0.2) is 24.3 Å². The molecule has 1 N–H and O–H groups in total. The highest BCUT2D eigenvalue weighted by Gasteiger charge is 2.30. The number of nitrogens with zero attached hydrogens (tertiary/aromatic N) is 1. The Hall–Kier alpha value is -1.02. The molecular formula is C16H26N2. The van der Waals surface area contributed by atoms with Crippen LogP contribution in [0.1, 0.15) is 51.1 Å². The number of unbranched alkanes of at least 4 members (excludes halogenated alkanes) is 1. The Kier molecular flexibility index (Phi) is 4.65. The molecule has 1 atom stereocenters.